The molecule has 1 aromatic rings. The first-order chi connectivity index (χ1) is 9.26. The minimum Gasteiger partial charge on any atom is -0.467 e. The quantitative estimate of drug-likeness (QED) is 0.823. The maximum absolute atomic E-state index is 11.8. The Morgan fingerprint density at radius 2 is 2.42 bits per heavy atom. The number of carbonyl (C=O) groups excluding carboxylic acids is 1. The number of hydrogen-bond donors (Lipinski definition) is 1. The van der Waals surface area contributed by atoms with Crippen LogP contribution in [0.2, 0.25) is 0 Å². The van der Waals surface area contributed by atoms with Crippen molar-refractivity contribution in [3.05, 3.63) is 23.7 Å². The average Bonchev–Trinajstić information content (AvgIpc) is 2.88. The summed E-state index contributed by atoms with van der Waals surface area (Å²) in [4.78, 5) is 14.1. The number of esters is 1. The summed E-state index contributed by atoms with van der Waals surface area (Å²) in [7, 11) is 0. The van der Waals surface area contributed by atoms with Crippen LogP contribution in [0.5, 0.6) is 0 Å². The standard InChI is InChI=1S/C14H22N2O3/c1-2-18-14(17)12-6-8-19-13(12)10-16-7-4-3-5-11(16)9-15/h6,8,11H,2-5,7,9-10,15H2,1H3. The number of likely N-dealkylation sites (tertiary alicyclic amines) is 1. The van der Waals surface area contributed by atoms with Gasteiger partial charge in [-0.15, -0.1) is 0 Å². The van der Waals surface area contributed by atoms with Gasteiger partial charge in [-0.25, -0.2) is 4.79 Å². The van der Waals surface area contributed by atoms with Crippen LogP contribution in [0.1, 0.15) is 42.3 Å². The van der Waals surface area contributed by atoms with E-state index in [0.717, 1.165) is 13.0 Å². The zero-order valence-corrected chi connectivity index (χ0v) is 11.4. The van der Waals surface area contributed by atoms with Gasteiger partial charge in [0.25, 0.3) is 0 Å². The van der Waals surface area contributed by atoms with E-state index in [0.29, 0.717) is 37.1 Å². The lowest BCUT2D eigenvalue weighted by molar-refractivity contribution is 0.0519. The van der Waals surface area contributed by atoms with E-state index in [-0.39, 0.29) is 5.97 Å². The van der Waals surface area contributed by atoms with Gasteiger partial charge in [0.15, 0.2) is 0 Å². The molecule has 5 heteroatoms. The van der Waals surface area contributed by atoms with Gasteiger partial charge in [0.1, 0.15) is 11.3 Å². The van der Waals surface area contributed by atoms with Crippen molar-refractivity contribution in [3.63, 3.8) is 0 Å². The van der Waals surface area contributed by atoms with Crippen LogP contribution >= 0.6 is 0 Å². The topological polar surface area (TPSA) is 68.7 Å². The normalized spacial score (nSPS) is 20.4. The van der Waals surface area contributed by atoms with Gasteiger partial charge >= 0.3 is 5.97 Å². The largest absolute Gasteiger partial charge is 0.467 e. The Kier molecular flexibility index (Phi) is 4.99. The van der Waals surface area contributed by atoms with E-state index in [1.165, 1.54) is 12.8 Å². The molecule has 1 aliphatic heterocycles. The molecule has 1 unspecified atom stereocenters. The summed E-state index contributed by atoms with van der Waals surface area (Å²) in [5.41, 5.74) is 6.33. The van der Waals surface area contributed by atoms with Crippen molar-refractivity contribution in [2.75, 3.05) is 19.7 Å². The molecule has 0 spiro atoms. The number of carbonyl (C=O) groups is 1. The van der Waals surface area contributed by atoms with E-state index >= 15 is 0 Å². The molecule has 0 bridgehead atoms. The van der Waals surface area contributed by atoms with Crippen LogP contribution < -0.4 is 5.73 Å². The monoisotopic (exact) mass is 266 g/mol. The summed E-state index contributed by atoms with van der Waals surface area (Å²) in [5, 5.41) is 0. The molecule has 0 radical (unpaired) electrons. The van der Waals surface area contributed by atoms with Crippen LogP contribution in [0.3, 0.4) is 0 Å². The molecule has 106 valence electrons. The zero-order chi connectivity index (χ0) is 13.7. The Morgan fingerprint density at radius 3 is 3.16 bits per heavy atom. The molecule has 0 saturated carbocycles. The second-order valence-electron chi connectivity index (χ2n) is 4.83. The lowest BCUT2D eigenvalue weighted by atomic mass is 10.0. The third-order valence-corrected chi connectivity index (χ3v) is 3.61. The Morgan fingerprint density at radius 1 is 1.58 bits per heavy atom. The minimum atomic E-state index is -0.312. The van der Waals surface area contributed by atoms with Gasteiger partial charge in [-0.3, -0.25) is 4.90 Å². The van der Waals surface area contributed by atoms with Crippen LogP contribution in [0.25, 0.3) is 0 Å². The Bertz CT molecular complexity index is 417. The molecule has 1 aromatic heterocycles. The second kappa shape index (κ2) is 6.73. The van der Waals surface area contributed by atoms with E-state index in [4.69, 9.17) is 14.9 Å². The molecular formula is C14H22N2O3. The van der Waals surface area contributed by atoms with Crippen LogP contribution in [0, 0.1) is 0 Å². The van der Waals surface area contributed by atoms with E-state index < -0.39 is 0 Å². The number of furan rings is 1. The highest BCUT2D eigenvalue weighted by atomic mass is 16.5. The highest BCUT2D eigenvalue weighted by Crippen LogP contribution is 2.21. The predicted octanol–water partition coefficient (Wildman–Crippen LogP) is 1.77. The zero-order valence-electron chi connectivity index (χ0n) is 11.4. The number of nitrogens with zero attached hydrogens (tertiary/aromatic N) is 1. The summed E-state index contributed by atoms with van der Waals surface area (Å²) in [6, 6.07) is 2.06. The smallest absolute Gasteiger partial charge is 0.341 e. The molecule has 1 aliphatic rings. The van der Waals surface area contributed by atoms with Gasteiger partial charge < -0.3 is 14.9 Å². The highest BCUT2D eigenvalue weighted by molar-refractivity contribution is 5.90. The predicted molar refractivity (Wildman–Crippen MR) is 71.8 cm³/mol. The highest BCUT2D eigenvalue weighted by Gasteiger charge is 2.24. The van der Waals surface area contributed by atoms with Gasteiger partial charge in [0, 0.05) is 12.6 Å². The Labute approximate surface area is 113 Å². The summed E-state index contributed by atoms with van der Waals surface area (Å²) in [5.74, 6) is 0.367. The number of rotatable bonds is 5. The van der Waals surface area contributed by atoms with Crippen molar-refractivity contribution in [1.29, 1.82) is 0 Å². The van der Waals surface area contributed by atoms with Gasteiger partial charge in [-0.1, -0.05) is 6.42 Å². The van der Waals surface area contributed by atoms with E-state index in [9.17, 15) is 4.79 Å². The number of piperidine rings is 1. The van der Waals surface area contributed by atoms with Crippen LogP contribution in [-0.2, 0) is 11.3 Å². The minimum absolute atomic E-state index is 0.312. The SMILES string of the molecule is CCOC(=O)c1ccoc1CN1CCCCC1CN. The number of hydrogen-bond acceptors (Lipinski definition) is 5. The van der Waals surface area contributed by atoms with E-state index in [1.807, 2.05) is 0 Å². The number of nitrogens with two attached hydrogens (primary N) is 1. The molecule has 5 nitrogen and oxygen atoms in total. The molecule has 19 heavy (non-hydrogen) atoms. The lowest BCUT2D eigenvalue weighted by Gasteiger charge is -2.34. The maximum Gasteiger partial charge on any atom is 0.341 e. The molecular weight excluding hydrogens is 244 g/mol. The van der Waals surface area contributed by atoms with Gasteiger partial charge in [-0.2, -0.15) is 0 Å². The third-order valence-electron chi connectivity index (χ3n) is 3.61. The molecule has 0 aliphatic carbocycles. The molecule has 0 amide bonds. The van der Waals surface area contributed by atoms with Crippen LogP contribution in [0.4, 0.5) is 0 Å². The van der Waals surface area contributed by atoms with Crippen LogP contribution in [-0.4, -0.2) is 36.6 Å². The average molecular weight is 266 g/mol. The van der Waals surface area contributed by atoms with Crippen LogP contribution in [0.15, 0.2) is 16.7 Å². The van der Waals surface area contributed by atoms with Gasteiger partial charge in [-0.05, 0) is 32.4 Å². The Hall–Kier alpha value is -1.33. The summed E-state index contributed by atoms with van der Waals surface area (Å²) in [6.07, 6.45) is 5.06. The number of ether oxygens (including phenoxy) is 1. The summed E-state index contributed by atoms with van der Waals surface area (Å²) in [6.45, 7) is 4.45. The molecule has 1 fully saturated rings. The fourth-order valence-corrected chi connectivity index (χ4v) is 2.57. The van der Waals surface area contributed by atoms with Crippen molar-refractivity contribution < 1.29 is 13.9 Å². The molecule has 2 N–H and O–H groups in total. The van der Waals surface area contributed by atoms with Crippen molar-refractivity contribution in [3.8, 4) is 0 Å². The fourth-order valence-electron chi connectivity index (χ4n) is 2.57. The third kappa shape index (κ3) is 3.36. The summed E-state index contributed by atoms with van der Waals surface area (Å²) < 4.78 is 10.5. The van der Waals surface area contributed by atoms with Crippen molar-refractivity contribution >= 4 is 5.97 Å². The summed E-state index contributed by atoms with van der Waals surface area (Å²) >= 11 is 0. The lowest BCUT2D eigenvalue weighted by Crippen LogP contribution is -2.43. The second-order valence-corrected chi connectivity index (χ2v) is 4.83. The van der Waals surface area contributed by atoms with Crippen molar-refractivity contribution in [2.24, 2.45) is 5.73 Å². The maximum atomic E-state index is 11.8. The first kappa shape index (κ1) is 14.1. The molecule has 2 rings (SSSR count). The molecule has 2 heterocycles. The molecule has 1 atom stereocenters. The fraction of sp³-hybridized carbons (Fsp3) is 0.643. The Balaban J connectivity index is 2.06. The van der Waals surface area contributed by atoms with Gasteiger partial charge in [0.05, 0.1) is 19.4 Å². The van der Waals surface area contributed by atoms with Crippen molar-refractivity contribution in [1.82, 2.24) is 4.90 Å². The molecule has 1 saturated heterocycles. The van der Waals surface area contributed by atoms with Gasteiger partial charge in [0.2, 0.25) is 0 Å². The molecule has 0 aromatic carbocycles. The first-order valence-corrected chi connectivity index (χ1v) is 6.93. The first-order valence-electron chi connectivity index (χ1n) is 6.93. The van der Waals surface area contributed by atoms with Crippen molar-refractivity contribution in [2.45, 2.75) is 38.8 Å². The van der Waals surface area contributed by atoms with E-state index in [1.54, 1.807) is 19.3 Å². The van der Waals surface area contributed by atoms with E-state index in [2.05, 4.69) is 4.90 Å².